The highest BCUT2D eigenvalue weighted by Gasteiger charge is 2.29. The number of aromatic nitrogens is 3. The maximum Gasteiger partial charge on any atom is 0.407 e. The predicted molar refractivity (Wildman–Crippen MR) is 173 cm³/mol. The summed E-state index contributed by atoms with van der Waals surface area (Å²) in [5.41, 5.74) is 6.07. The van der Waals surface area contributed by atoms with E-state index >= 15 is 0 Å². The lowest BCUT2D eigenvalue weighted by atomic mass is 10.0. The summed E-state index contributed by atoms with van der Waals surface area (Å²) >= 11 is 0. The van der Waals surface area contributed by atoms with Crippen LogP contribution in [0.15, 0.2) is 79.0 Å². The van der Waals surface area contributed by atoms with E-state index < -0.39 is 11.7 Å². The highest BCUT2D eigenvalue weighted by atomic mass is 16.6. The molecule has 1 saturated heterocycles. The molecule has 1 atom stereocenters. The van der Waals surface area contributed by atoms with Gasteiger partial charge in [0.05, 0.1) is 11.4 Å². The summed E-state index contributed by atoms with van der Waals surface area (Å²) < 4.78 is 9.97. The molecule has 1 aliphatic carbocycles. The van der Waals surface area contributed by atoms with Gasteiger partial charge in [-0.05, 0) is 76.6 Å². The first-order valence-electron chi connectivity index (χ1n) is 15.7. The molecule has 1 N–H and O–H groups in total. The summed E-state index contributed by atoms with van der Waals surface area (Å²) in [7, 11) is 0. The van der Waals surface area contributed by atoms with Crippen molar-refractivity contribution in [2.75, 3.05) is 13.1 Å². The number of benzene rings is 2. The largest absolute Gasteiger partial charge is 0.444 e. The van der Waals surface area contributed by atoms with E-state index in [2.05, 4.69) is 56.7 Å². The van der Waals surface area contributed by atoms with Crippen LogP contribution in [0, 0.1) is 5.92 Å². The van der Waals surface area contributed by atoms with E-state index in [4.69, 9.17) is 9.72 Å². The second-order valence-electron chi connectivity index (χ2n) is 13.2. The van der Waals surface area contributed by atoms with Gasteiger partial charge >= 0.3 is 6.09 Å². The highest BCUT2D eigenvalue weighted by molar-refractivity contribution is 5.96. The van der Waals surface area contributed by atoms with Gasteiger partial charge in [0.15, 0.2) is 0 Å². The number of pyridine rings is 1. The molecule has 7 rings (SSSR count). The first-order valence-corrected chi connectivity index (χ1v) is 15.7. The zero-order valence-corrected chi connectivity index (χ0v) is 25.6. The first kappa shape index (κ1) is 28.2. The number of nitrogens with one attached hydrogen (secondary N) is 1. The Morgan fingerprint density at radius 1 is 0.977 bits per heavy atom. The van der Waals surface area contributed by atoms with Crippen LogP contribution < -0.4 is 5.32 Å². The Balaban J connectivity index is 1.24. The third-order valence-electron chi connectivity index (χ3n) is 8.54. The van der Waals surface area contributed by atoms with Crippen LogP contribution in [0.2, 0.25) is 0 Å². The third-order valence-corrected chi connectivity index (χ3v) is 8.54. The van der Waals surface area contributed by atoms with E-state index in [1.54, 1.807) is 0 Å². The molecule has 1 aliphatic heterocycles. The number of hydrogen-bond donors (Lipinski definition) is 1. The zero-order chi connectivity index (χ0) is 30.4. The predicted octanol–water partition coefficient (Wildman–Crippen LogP) is 7.16. The minimum Gasteiger partial charge on any atom is -0.444 e. The zero-order valence-electron chi connectivity index (χ0n) is 25.6. The molecule has 44 heavy (non-hydrogen) atoms. The Morgan fingerprint density at radius 3 is 2.52 bits per heavy atom. The number of alkyl carbamates (subject to hydrolysis) is 1. The van der Waals surface area contributed by atoms with Crippen LogP contribution in [0.1, 0.15) is 56.8 Å². The van der Waals surface area contributed by atoms with Gasteiger partial charge in [-0.25, -0.2) is 9.78 Å². The van der Waals surface area contributed by atoms with Crippen molar-refractivity contribution in [1.29, 1.82) is 0 Å². The van der Waals surface area contributed by atoms with Crippen LogP contribution in [0.3, 0.4) is 0 Å². The van der Waals surface area contributed by atoms with Gasteiger partial charge in [-0.3, -0.25) is 9.20 Å². The number of para-hydroxylation sites is 1. The molecule has 0 unspecified atom stereocenters. The maximum atomic E-state index is 13.8. The molecule has 8 heteroatoms. The maximum absolute atomic E-state index is 13.8. The summed E-state index contributed by atoms with van der Waals surface area (Å²) in [5, 5.41) is 4.15. The normalized spacial score (nSPS) is 17.2. The van der Waals surface area contributed by atoms with Crippen molar-refractivity contribution in [3.05, 3.63) is 84.6 Å². The standard InChI is InChI=1S/C36H39N5O3/c1-36(2,3)44-35(43)37-28-13-9-18-39(23-28)34(42)27-17-19-40-31(21-27)38-32(33(40)25-10-5-4-6-11-25)30-20-26-12-7-8-14-29(26)41(30)22-24-15-16-24/h4-8,10-12,14,17,19-21,24,28H,9,13,15-16,18,22-23H2,1-3H3,(H,37,43)/t28-/m1/s1. The molecule has 1 saturated carbocycles. The fraction of sp³-hybridized carbons (Fsp3) is 0.361. The molecule has 3 aromatic heterocycles. The average molecular weight is 590 g/mol. The molecule has 2 amide bonds. The molecule has 8 nitrogen and oxygen atoms in total. The summed E-state index contributed by atoms with van der Waals surface area (Å²) in [4.78, 5) is 33.2. The van der Waals surface area contributed by atoms with Gasteiger partial charge in [0, 0.05) is 53.9 Å². The summed E-state index contributed by atoms with van der Waals surface area (Å²) in [5.74, 6) is 0.640. The van der Waals surface area contributed by atoms with Crippen molar-refractivity contribution < 1.29 is 14.3 Å². The van der Waals surface area contributed by atoms with Crippen molar-refractivity contribution in [2.24, 2.45) is 5.92 Å². The topological polar surface area (TPSA) is 80.9 Å². The summed E-state index contributed by atoms with van der Waals surface area (Å²) in [6.07, 6.45) is 5.66. The van der Waals surface area contributed by atoms with Crippen LogP contribution in [-0.2, 0) is 11.3 Å². The van der Waals surface area contributed by atoms with Crippen molar-refractivity contribution in [3.8, 4) is 22.6 Å². The van der Waals surface area contributed by atoms with Gasteiger partial charge in [0.2, 0.25) is 0 Å². The van der Waals surface area contributed by atoms with E-state index in [9.17, 15) is 9.59 Å². The molecule has 0 spiro atoms. The minimum absolute atomic E-state index is 0.0585. The van der Waals surface area contributed by atoms with Crippen LogP contribution >= 0.6 is 0 Å². The number of carbonyl (C=O) groups excluding carboxylic acids is 2. The molecule has 5 aromatic rings. The number of carbonyl (C=O) groups is 2. The molecular weight excluding hydrogens is 550 g/mol. The Kier molecular flexibility index (Phi) is 7.15. The van der Waals surface area contributed by atoms with E-state index in [1.165, 1.54) is 23.7 Å². The molecular formula is C36H39N5O3. The van der Waals surface area contributed by atoms with Crippen LogP contribution in [0.4, 0.5) is 4.79 Å². The van der Waals surface area contributed by atoms with Crippen molar-refractivity contribution in [1.82, 2.24) is 24.2 Å². The molecule has 226 valence electrons. The third kappa shape index (κ3) is 5.68. The van der Waals surface area contributed by atoms with Crippen LogP contribution in [0.5, 0.6) is 0 Å². The number of rotatable bonds is 6. The van der Waals surface area contributed by atoms with E-state index in [1.807, 2.05) is 62.2 Å². The molecule has 2 fully saturated rings. The molecule has 2 aromatic carbocycles. The monoisotopic (exact) mass is 589 g/mol. The highest BCUT2D eigenvalue weighted by Crippen LogP contribution is 2.39. The molecule has 0 bridgehead atoms. The number of fused-ring (bicyclic) bond motifs is 2. The van der Waals surface area contributed by atoms with Gasteiger partial charge in [-0.2, -0.15) is 0 Å². The lowest BCUT2D eigenvalue weighted by molar-refractivity contribution is 0.0452. The van der Waals surface area contributed by atoms with E-state index in [0.29, 0.717) is 24.6 Å². The van der Waals surface area contributed by atoms with Gasteiger partial charge in [-0.15, -0.1) is 0 Å². The lowest BCUT2D eigenvalue weighted by Gasteiger charge is -2.33. The van der Waals surface area contributed by atoms with Gasteiger partial charge in [0.1, 0.15) is 16.9 Å². The average Bonchev–Trinajstić information content (AvgIpc) is 3.64. The lowest BCUT2D eigenvalue weighted by Crippen LogP contribution is -2.50. The Hall–Kier alpha value is -4.59. The fourth-order valence-corrected chi connectivity index (χ4v) is 6.33. The second-order valence-corrected chi connectivity index (χ2v) is 13.2. The van der Waals surface area contributed by atoms with Gasteiger partial charge in [0.25, 0.3) is 5.91 Å². The van der Waals surface area contributed by atoms with E-state index in [-0.39, 0.29) is 11.9 Å². The molecule has 4 heterocycles. The number of hydrogen-bond acceptors (Lipinski definition) is 4. The SMILES string of the molecule is CC(C)(C)OC(=O)N[C@@H]1CCCN(C(=O)c2ccn3c(-c4ccccc4)c(-c4cc5ccccc5n4CC4CC4)nc3c2)C1. The quantitative estimate of drug-likeness (QED) is 0.228. The van der Waals surface area contributed by atoms with Crippen molar-refractivity contribution in [2.45, 2.75) is 64.6 Å². The Labute approximate surface area is 257 Å². The Morgan fingerprint density at radius 2 is 1.75 bits per heavy atom. The van der Waals surface area contributed by atoms with Crippen molar-refractivity contribution in [3.63, 3.8) is 0 Å². The van der Waals surface area contributed by atoms with Crippen LogP contribution in [0.25, 0.3) is 39.2 Å². The minimum atomic E-state index is -0.572. The molecule has 2 aliphatic rings. The second kappa shape index (κ2) is 11.2. The van der Waals surface area contributed by atoms with E-state index in [0.717, 1.165) is 47.7 Å². The smallest absolute Gasteiger partial charge is 0.407 e. The first-order chi connectivity index (χ1) is 21.2. The number of amides is 2. The summed E-state index contributed by atoms with van der Waals surface area (Å²) in [6.45, 7) is 7.59. The number of likely N-dealkylation sites (tertiary alicyclic amines) is 1. The summed E-state index contributed by atoms with van der Waals surface area (Å²) in [6, 6.07) is 24.8. The van der Waals surface area contributed by atoms with Gasteiger partial charge < -0.3 is 19.5 Å². The van der Waals surface area contributed by atoms with Crippen LogP contribution in [-0.4, -0.2) is 55.6 Å². The van der Waals surface area contributed by atoms with Gasteiger partial charge in [-0.1, -0.05) is 48.5 Å². The number of piperidine rings is 1. The fourth-order valence-electron chi connectivity index (χ4n) is 6.33. The van der Waals surface area contributed by atoms with Crippen molar-refractivity contribution >= 4 is 28.6 Å². The molecule has 0 radical (unpaired) electrons. The number of imidazole rings is 1. The number of ether oxygens (including phenoxy) is 1. The number of nitrogens with zero attached hydrogens (tertiary/aromatic N) is 4. The Bertz CT molecular complexity index is 1840.